The van der Waals surface area contributed by atoms with Gasteiger partial charge in [0, 0.05) is 6.20 Å². The highest BCUT2D eigenvalue weighted by molar-refractivity contribution is 6.35. The summed E-state index contributed by atoms with van der Waals surface area (Å²) in [5.74, 6) is -1.58. The van der Waals surface area contributed by atoms with E-state index in [4.69, 9.17) is 28.3 Å². The van der Waals surface area contributed by atoms with Crippen LogP contribution in [0.15, 0.2) is 30.5 Å². The van der Waals surface area contributed by atoms with Gasteiger partial charge in [-0.3, -0.25) is 4.79 Å². The van der Waals surface area contributed by atoms with Crippen molar-refractivity contribution in [2.24, 2.45) is 0 Å². The molecular weight excluding hydrogens is 305 g/mol. The van der Waals surface area contributed by atoms with E-state index in [1.807, 2.05) is 0 Å². The zero-order chi connectivity index (χ0) is 14.7. The maximum Gasteiger partial charge on any atom is 0.335 e. The van der Waals surface area contributed by atoms with Crippen LogP contribution in [-0.4, -0.2) is 27.0 Å². The van der Waals surface area contributed by atoms with Crippen LogP contribution in [0, 0.1) is 0 Å². The molecule has 20 heavy (non-hydrogen) atoms. The van der Waals surface area contributed by atoms with Crippen molar-refractivity contribution in [3.63, 3.8) is 0 Å². The van der Waals surface area contributed by atoms with Gasteiger partial charge in [0.25, 0.3) is 5.91 Å². The second-order valence-electron chi connectivity index (χ2n) is 3.66. The first-order valence-electron chi connectivity index (χ1n) is 5.30. The summed E-state index contributed by atoms with van der Waals surface area (Å²) in [7, 11) is 0. The highest BCUT2D eigenvalue weighted by Crippen LogP contribution is 2.18. The smallest absolute Gasteiger partial charge is 0.335 e. The average molecular weight is 312 g/mol. The summed E-state index contributed by atoms with van der Waals surface area (Å²) in [6, 6.07) is 5.38. The molecule has 0 unspecified atom stereocenters. The van der Waals surface area contributed by atoms with E-state index in [0.29, 0.717) is 0 Å². The number of aromatic nitrogens is 2. The van der Waals surface area contributed by atoms with Gasteiger partial charge in [0.1, 0.15) is 16.1 Å². The number of halogens is 2. The quantitative estimate of drug-likeness (QED) is 0.850. The van der Waals surface area contributed by atoms with Crippen molar-refractivity contribution < 1.29 is 14.7 Å². The summed E-state index contributed by atoms with van der Waals surface area (Å²) >= 11 is 11.4. The molecular formula is C12H7Cl2N3O3. The third-order valence-electron chi connectivity index (χ3n) is 2.31. The Balaban J connectivity index is 2.23. The zero-order valence-corrected chi connectivity index (χ0v) is 11.3. The molecule has 1 amide bonds. The van der Waals surface area contributed by atoms with Crippen molar-refractivity contribution in [1.82, 2.24) is 9.97 Å². The number of anilines is 1. The van der Waals surface area contributed by atoms with Crippen molar-refractivity contribution >= 4 is 40.9 Å². The van der Waals surface area contributed by atoms with Crippen LogP contribution in [0.2, 0.25) is 10.3 Å². The Labute approximate surface area is 123 Å². The molecule has 0 aliphatic heterocycles. The van der Waals surface area contributed by atoms with E-state index in [9.17, 15) is 9.59 Å². The minimum absolute atomic E-state index is 0.00984. The van der Waals surface area contributed by atoms with Gasteiger partial charge in [-0.2, -0.15) is 0 Å². The number of carboxylic acids is 1. The van der Waals surface area contributed by atoms with Crippen LogP contribution in [0.5, 0.6) is 0 Å². The monoisotopic (exact) mass is 311 g/mol. The Morgan fingerprint density at radius 3 is 2.60 bits per heavy atom. The van der Waals surface area contributed by atoms with Crippen LogP contribution in [0.25, 0.3) is 0 Å². The minimum atomic E-state index is -1.12. The lowest BCUT2D eigenvalue weighted by molar-refractivity contribution is 0.0696. The second-order valence-corrected chi connectivity index (χ2v) is 4.41. The third-order valence-corrected chi connectivity index (χ3v) is 2.81. The molecule has 0 aromatic carbocycles. The molecule has 0 saturated carbocycles. The van der Waals surface area contributed by atoms with Crippen molar-refractivity contribution in [1.29, 1.82) is 0 Å². The number of pyridine rings is 2. The van der Waals surface area contributed by atoms with Crippen molar-refractivity contribution in [3.8, 4) is 0 Å². The van der Waals surface area contributed by atoms with Crippen LogP contribution >= 0.6 is 23.2 Å². The van der Waals surface area contributed by atoms with E-state index in [-0.39, 0.29) is 27.3 Å². The molecule has 2 heterocycles. The number of hydrogen-bond donors (Lipinski definition) is 2. The second kappa shape index (κ2) is 5.85. The number of carboxylic acid groups (broad SMARTS) is 1. The minimum Gasteiger partial charge on any atom is -0.478 e. The summed E-state index contributed by atoms with van der Waals surface area (Å²) in [4.78, 5) is 30.4. The molecule has 0 aliphatic carbocycles. The molecule has 0 fully saturated rings. The fraction of sp³-hybridized carbons (Fsp3) is 0. The molecule has 0 aliphatic rings. The van der Waals surface area contributed by atoms with Gasteiger partial charge in [0.2, 0.25) is 0 Å². The highest BCUT2D eigenvalue weighted by Gasteiger charge is 2.13. The number of carbonyl (C=O) groups is 2. The van der Waals surface area contributed by atoms with Gasteiger partial charge in [-0.15, -0.1) is 0 Å². The maximum atomic E-state index is 12.0. The van der Waals surface area contributed by atoms with Gasteiger partial charge < -0.3 is 10.4 Å². The van der Waals surface area contributed by atoms with Gasteiger partial charge in [0.05, 0.1) is 11.1 Å². The molecule has 0 spiro atoms. The van der Waals surface area contributed by atoms with E-state index < -0.39 is 11.9 Å². The Morgan fingerprint density at radius 1 is 1.20 bits per heavy atom. The van der Waals surface area contributed by atoms with E-state index in [1.165, 1.54) is 30.5 Å². The fourth-order valence-corrected chi connectivity index (χ4v) is 1.83. The summed E-state index contributed by atoms with van der Waals surface area (Å²) in [6.45, 7) is 0. The molecule has 0 atom stereocenters. The third kappa shape index (κ3) is 3.23. The van der Waals surface area contributed by atoms with Crippen LogP contribution in [0.4, 0.5) is 5.82 Å². The summed E-state index contributed by atoms with van der Waals surface area (Å²) < 4.78 is 0. The first-order valence-corrected chi connectivity index (χ1v) is 6.05. The number of hydrogen-bond acceptors (Lipinski definition) is 4. The molecule has 6 nitrogen and oxygen atoms in total. The molecule has 102 valence electrons. The molecule has 2 aromatic rings. The average Bonchev–Trinajstić information content (AvgIpc) is 2.38. The van der Waals surface area contributed by atoms with Crippen molar-refractivity contribution in [2.45, 2.75) is 0 Å². The van der Waals surface area contributed by atoms with Gasteiger partial charge >= 0.3 is 5.97 Å². The fourth-order valence-electron chi connectivity index (χ4n) is 1.40. The molecule has 0 saturated heterocycles. The van der Waals surface area contributed by atoms with E-state index >= 15 is 0 Å². The zero-order valence-electron chi connectivity index (χ0n) is 9.80. The van der Waals surface area contributed by atoms with Crippen LogP contribution in [-0.2, 0) is 0 Å². The molecule has 2 N–H and O–H groups in total. The molecule has 2 rings (SSSR count). The SMILES string of the molecule is O=C(O)c1ccnc(NC(=O)c2ccc(Cl)nc2Cl)c1. The summed E-state index contributed by atoms with van der Waals surface area (Å²) in [5.41, 5.74) is 0.120. The first kappa shape index (κ1) is 14.2. The maximum absolute atomic E-state index is 12.0. The van der Waals surface area contributed by atoms with Gasteiger partial charge in [-0.25, -0.2) is 14.8 Å². The standard InChI is InChI=1S/C12H7Cl2N3O3/c13-8-2-1-7(10(14)16-8)11(18)17-9-5-6(12(19)20)3-4-15-9/h1-5H,(H,19,20)(H,15,17,18). The lowest BCUT2D eigenvalue weighted by Gasteiger charge is -2.06. The summed E-state index contributed by atoms with van der Waals surface area (Å²) in [6.07, 6.45) is 1.28. The van der Waals surface area contributed by atoms with Crippen LogP contribution in [0.3, 0.4) is 0 Å². The van der Waals surface area contributed by atoms with Gasteiger partial charge in [0.15, 0.2) is 0 Å². The largest absolute Gasteiger partial charge is 0.478 e. The first-order chi connectivity index (χ1) is 9.47. The lowest BCUT2D eigenvalue weighted by atomic mass is 10.2. The predicted octanol–water partition coefficient (Wildman–Crippen LogP) is 2.73. The summed E-state index contributed by atoms with van der Waals surface area (Å²) in [5, 5.41) is 11.4. The highest BCUT2D eigenvalue weighted by atomic mass is 35.5. The lowest BCUT2D eigenvalue weighted by Crippen LogP contribution is -2.14. The Morgan fingerprint density at radius 2 is 1.95 bits per heavy atom. The Kier molecular flexibility index (Phi) is 4.16. The molecule has 8 heteroatoms. The van der Waals surface area contributed by atoms with Gasteiger partial charge in [-0.05, 0) is 24.3 Å². The number of nitrogens with zero attached hydrogens (tertiary/aromatic N) is 2. The number of carbonyl (C=O) groups excluding carboxylic acids is 1. The number of amides is 1. The van der Waals surface area contributed by atoms with Crippen molar-refractivity contribution in [2.75, 3.05) is 5.32 Å². The topological polar surface area (TPSA) is 92.2 Å². The Hall–Kier alpha value is -2.18. The molecule has 2 aromatic heterocycles. The molecule has 0 bridgehead atoms. The normalized spacial score (nSPS) is 10.1. The Bertz CT molecular complexity index is 691. The van der Waals surface area contributed by atoms with Crippen LogP contribution < -0.4 is 5.32 Å². The molecule has 0 radical (unpaired) electrons. The van der Waals surface area contributed by atoms with E-state index in [1.54, 1.807) is 0 Å². The van der Waals surface area contributed by atoms with Gasteiger partial charge in [-0.1, -0.05) is 23.2 Å². The van der Waals surface area contributed by atoms with E-state index in [2.05, 4.69) is 15.3 Å². The number of rotatable bonds is 3. The van der Waals surface area contributed by atoms with Crippen molar-refractivity contribution in [3.05, 3.63) is 51.9 Å². The van der Waals surface area contributed by atoms with E-state index in [0.717, 1.165) is 0 Å². The number of aromatic carboxylic acids is 1. The predicted molar refractivity (Wildman–Crippen MR) is 73.4 cm³/mol. The van der Waals surface area contributed by atoms with Crippen LogP contribution in [0.1, 0.15) is 20.7 Å². The number of nitrogens with one attached hydrogen (secondary N) is 1.